The van der Waals surface area contributed by atoms with Crippen molar-refractivity contribution in [2.45, 2.75) is 31.8 Å². The van der Waals surface area contributed by atoms with Crippen LogP contribution in [0.3, 0.4) is 0 Å². The van der Waals surface area contributed by atoms with Crippen molar-refractivity contribution in [3.05, 3.63) is 29.8 Å². The van der Waals surface area contributed by atoms with E-state index < -0.39 is 0 Å². The molecule has 0 saturated carbocycles. The number of hydrogen-bond acceptors (Lipinski definition) is 4. The van der Waals surface area contributed by atoms with Gasteiger partial charge < -0.3 is 15.2 Å². The first-order valence-corrected chi connectivity index (χ1v) is 6.35. The average Bonchev–Trinajstić information content (AvgIpc) is 2.40. The van der Waals surface area contributed by atoms with Crippen LogP contribution in [0.2, 0.25) is 0 Å². The molecule has 1 heterocycles. The molecule has 2 rings (SSSR count). The summed E-state index contributed by atoms with van der Waals surface area (Å²) >= 11 is 0. The summed E-state index contributed by atoms with van der Waals surface area (Å²) < 4.78 is 10.7. The first kappa shape index (κ1) is 12.9. The summed E-state index contributed by atoms with van der Waals surface area (Å²) in [7, 11) is 0. The number of esters is 1. The number of carbonyl (C=O) groups excluding carboxylic acids is 1. The highest BCUT2D eigenvalue weighted by molar-refractivity contribution is 5.72. The lowest BCUT2D eigenvalue weighted by Gasteiger charge is -2.22. The van der Waals surface area contributed by atoms with Crippen LogP contribution >= 0.6 is 0 Å². The van der Waals surface area contributed by atoms with Gasteiger partial charge in [-0.2, -0.15) is 0 Å². The third kappa shape index (κ3) is 4.04. The maximum Gasteiger partial charge on any atom is 0.310 e. The molecule has 0 radical (unpaired) electrons. The monoisotopic (exact) mass is 249 g/mol. The second-order valence-electron chi connectivity index (χ2n) is 4.59. The third-order valence-corrected chi connectivity index (χ3v) is 3.03. The second-order valence-corrected chi connectivity index (χ2v) is 4.59. The van der Waals surface area contributed by atoms with Crippen molar-refractivity contribution in [1.29, 1.82) is 0 Å². The van der Waals surface area contributed by atoms with Crippen molar-refractivity contribution >= 4 is 11.7 Å². The van der Waals surface area contributed by atoms with E-state index in [2.05, 4.69) is 0 Å². The fourth-order valence-electron chi connectivity index (χ4n) is 1.98. The Hall–Kier alpha value is -1.55. The Morgan fingerprint density at radius 3 is 2.78 bits per heavy atom. The summed E-state index contributed by atoms with van der Waals surface area (Å²) in [5.41, 5.74) is 7.19. The van der Waals surface area contributed by atoms with E-state index in [9.17, 15) is 4.79 Å². The predicted octanol–water partition coefficient (Wildman–Crippen LogP) is 1.92. The lowest BCUT2D eigenvalue weighted by molar-refractivity contribution is -0.148. The molecule has 1 atom stereocenters. The average molecular weight is 249 g/mol. The van der Waals surface area contributed by atoms with Crippen LogP contribution < -0.4 is 5.73 Å². The van der Waals surface area contributed by atoms with Crippen molar-refractivity contribution in [3.8, 4) is 0 Å². The van der Waals surface area contributed by atoms with Gasteiger partial charge in [0.15, 0.2) is 0 Å². The Morgan fingerprint density at radius 1 is 1.33 bits per heavy atom. The van der Waals surface area contributed by atoms with Crippen LogP contribution in [-0.2, 0) is 20.7 Å². The number of ether oxygens (including phenoxy) is 2. The molecular weight excluding hydrogens is 230 g/mol. The molecule has 0 spiro atoms. The van der Waals surface area contributed by atoms with E-state index in [1.807, 2.05) is 12.1 Å². The van der Waals surface area contributed by atoms with Gasteiger partial charge in [0, 0.05) is 12.3 Å². The van der Waals surface area contributed by atoms with Gasteiger partial charge in [-0.1, -0.05) is 12.1 Å². The molecule has 1 aromatic carbocycles. The Kier molecular flexibility index (Phi) is 4.59. The van der Waals surface area contributed by atoms with Gasteiger partial charge in [-0.3, -0.25) is 4.79 Å². The largest absolute Gasteiger partial charge is 0.463 e. The molecule has 1 saturated heterocycles. The van der Waals surface area contributed by atoms with Crippen LogP contribution in [-0.4, -0.2) is 25.3 Å². The summed E-state index contributed by atoms with van der Waals surface area (Å²) in [6, 6.07) is 7.25. The van der Waals surface area contributed by atoms with Crippen molar-refractivity contribution in [2.75, 3.05) is 18.9 Å². The summed E-state index contributed by atoms with van der Waals surface area (Å²) in [5.74, 6) is -0.214. The summed E-state index contributed by atoms with van der Waals surface area (Å²) in [4.78, 5) is 11.6. The number of nitrogen functional groups attached to an aromatic ring is 1. The minimum absolute atomic E-state index is 0.0779. The highest BCUT2D eigenvalue weighted by atomic mass is 16.6. The number of hydrogen-bond donors (Lipinski definition) is 1. The van der Waals surface area contributed by atoms with Gasteiger partial charge in [0.1, 0.15) is 6.61 Å². The molecular formula is C14H19NO3. The van der Waals surface area contributed by atoms with Crippen molar-refractivity contribution in [2.24, 2.45) is 0 Å². The zero-order valence-corrected chi connectivity index (χ0v) is 10.4. The molecule has 1 aromatic rings. The first-order valence-electron chi connectivity index (χ1n) is 6.35. The minimum Gasteiger partial charge on any atom is -0.463 e. The van der Waals surface area contributed by atoms with Crippen LogP contribution in [0.4, 0.5) is 5.69 Å². The van der Waals surface area contributed by atoms with Crippen LogP contribution in [0.15, 0.2) is 24.3 Å². The third-order valence-electron chi connectivity index (χ3n) is 3.03. The van der Waals surface area contributed by atoms with Gasteiger partial charge in [-0.25, -0.2) is 0 Å². The summed E-state index contributed by atoms with van der Waals surface area (Å²) in [5, 5.41) is 0. The Bertz CT molecular complexity index is 383. The first-order chi connectivity index (χ1) is 8.74. The fraction of sp³-hybridized carbons (Fsp3) is 0.500. The zero-order chi connectivity index (χ0) is 12.8. The molecule has 0 aliphatic carbocycles. The predicted molar refractivity (Wildman–Crippen MR) is 69.1 cm³/mol. The SMILES string of the molecule is Nc1ccc(CC(=O)OCC2CCCCO2)cc1. The Labute approximate surface area is 107 Å². The summed E-state index contributed by atoms with van der Waals surface area (Å²) in [6.45, 7) is 1.15. The normalized spacial score (nSPS) is 19.4. The molecule has 0 bridgehead atoms. The van der Waals surface area contributed by atoms with E-state index in [0.29, 0.717) is 12.3 Å². The molecule has 18 heavy (non-hydrogen) atoms. The van der Waals surface area contributed by atoms with E-state index in [1.165, 1.54) is 0 Å². The molecule has 1 unspecified atom stereocenters. The lowest BCUT2D eigenvalue weighted by Crippen LogP contribution is -2.26. The standard InChI is InChI=1S/C14H19NO3/c15-12-6-4-11(5-7-12)9-14(16)18-10-13-3-1-2-8-17-13/h4-7,13H,1-3,8-10,15H2. The van der Waals surface area contributed by atoms with Gasteiger partial charge >= 0.3 is 5.97 Å². The number of rotatable bonds is 4. The maximum absolute atomic E-state index is 11.6. The lowest BCUT2D eigenvalue weighted by atomic mass is 10.1. The summed E-state index contributed by atoms with van der Waals surface area (Å²) in [6.07, 6.45) is 3.60. The second kappa shape index (κ2) is 6.40. The van der Waals surface area contributed by atoms with Gasteiger partial charge in [-0.05, 0) is 37.0 Å². The quantitative estimate of drug-likeness (QED) is 0.654. The Morgan fingerprint density at radius 2 is 2.11 bits per heavy atom. The molecule has 1 fully saturated rings. The highest BCUT2D eigenvalue weighted by Crippen LogP contribution is 2.13. The highest BCUT2D eigenvalue weighted by Gasteiger charge is 2.16. The zero-order valence-electron chi connectivity index (χ0n) is 10.4. The minimum atomic E-state index is -0.214. The molecule has 2 N–H and O–H groups in total. The van der Waals surface area contributed by atoms with Gasteiger partial charge in [0.25, 0.3) is 0 Å². The van der Waals surface area contributed by atoms with Crippen LogP contribution in [0.1, 0.15) is 24.8 Å². The molecule has 1 aliphatic rings. The van der Waals surface area contributed by atoms with E-state index in [4.69, 9.17) is 15.2 Å². The van der Waals surface area contributed by atoms with Crippen LogP contribution in [0.25, 0.3) is 0 Å². The van der Waals surface area contributed by atoms with Gasteiger partial charge in [-0.15, -0.1) is 0 Å². The smallest absolute Gasteiger partial charge is 0.310 e. The number of nitrogens with two attached hydrogens (primary N) is 1. The molecule has 1 aliphatic heterocycles. The van der Waals surface area contributed by atoms with Gasteiger partial charge in [0.2, 0.25) is 0 Å². The van der Waals surface area contributed by atoms with Crippen molar-refractivity contribution in [1.82, 2.24) is 0 Å². The maximum atomic E-state index is 11.6. The Balaban J connectivity index is 1.73. The number of anilines is 1. The van der Waals surface area contributed by atoms with Crippen molar-refractivity contribution in [3.63, 3.8) is 0 Å². The van der Waals surface area contributed by atoms with Gasteiger partial charge in [0.05, 0.1) is 12.5 Å². The fourth-order valence-corrected chi connectivity index (χ4v) is 1.98. The molecule has 0 aromatic heterocycles. The number of carbonyl (C=O) groups is 1. The molecule has 4 heteroatoms. The van der Waals surface area contributed by atoms with E-state index in [0.717, 1.165) is 31.4 Å². The number of benzene rings is 1. The molecule has 98 valence electrons. The topological polar surface area (TPSA) is 61.6 Å². The van der Waals surface area contributed by atoms with Crippen LogP contribution in [0.5, 0.6) is 0 Å². The van der Waals surface area contributed by atoms with E-state index >= 15 is 0 Å². The molecule has 4 nitrogen and oxygen atoms in total. The van der Waals surface area contributed by atoms with Crippen molar-refractivity contribution < 1.29 is 14.3 Å². The van der Waals surface area contributed by atoms with Crippen LogP contribution in [0, 0.1) is 0 Å². The van der Waals surface area contributed by atoms with E-state index in [-0.39, 0.29) is 18.5 Å². The molecule has 0 amide bonds. The van der Waals surface area contributed by atoms with E-state index in [1.54, 1.807) is 12.1 Å².